The first-order valence-electron chi connectivity index (χ1n) is 8.53. The van der Waals surface area contributed by atoms with Gasteiger partial charge < -0.3 is 10.1 Å². The molecule has 5 nitrogen and oxygen atoms in total. The number of carbonyl (C=O) groups is 1. The number of ether oxygens (including phenoxy) is 1. The van der Waals surface area contributed by atoms with E-state index >= 15 is 0 Å². The fourth-order valence-corrected chi connectivity index (χ4v) is 2.85. The summed E-state index contributed by atoms with van der Waals surface area (Å²) >= 11 is 12.1. The molecule has 0 aliphatic carbocycles. The molecule has 0 unspecified atom stereocenters. The Morgan fingerprint density at radius 1 is 1.19 bits per heavy atom. The van der Waals surface area contributed by atoms with Crippen molar-refractivity contribution in [1.29, 1.82) is 0 Å². The lowest BCUT2D eigenvalue weighted by molar-refractivity contribution is 0.0950. The Kier molecular flexibility index (Phi) is 6.37. The molecule has 1 aromatic heterocycles. The minimum absolute atomic E-state index is 0.163. The van der Waals surface area contributed by atoms with Gasteiger partial charge in [-0.1, -0.05) is 41.4 Å². The van der Waals surface area contributed by atoms with Crippen LogP contribution in [0.1, 0.15) is 28.5 Å². The van der Waals surface area contributed by atoms with Crippen LogP contribution in [0.3, 0.4) is 0 Å². The average Bonchev–Trinajstić information content (AvgIpc) is 3.15. The lowest BCUT2D eigenvalue weighted by Crippen LogP contribution is -2.23. The number of hydrogen-bond acceptors (Lipinski definition) is 3. The number of carbonyl (C=O) groups excluding carboxylic acids is 1. The summed E-state index contributed by atoms with van der Waals surface area (Å²) in [7, 11) is 0. The average molecular weight is 404 g/mol. The van der Waals surface area contributed by atoms with Crippen LogP contribution < -0.4 is 10.1 Å². The summed E-state index contributed by atoms with van der Waals surface area (Å²) in [5.41, 5.74) is 2.23. The number of nitrogens with zero attached hydrogens (tertiary/aromatic N) is 2. The van der Waals surface area contributed by atoms with Crippen LogP contribution in [0.5, 0.6) is 5.75 Å². The van der Waals surface area contributed by atoms with Crippen LogP contribution in [-0.2, 0) is 19.7 Å². The van der Waals surface area contributed by atoms with Crippen molar-refractivity contribution in [2.24, 2.45) is 0 Å². The molecule has 7 heteroatoms. The smallest absolute Gasteiger partial charge is 0.251 e. The second-order valence-corrected chi connectivity index (χ2v) is 6.67. The molecule has 2 aromatic carbocycles. The molecule has 0 spiro atoms. The zero-order valence-electron chi connectivity index (χ0n) is 14.8. The first kappa shape index (κ1) is 19.3. The van der Waals surface area contributed by atoms with E-state index in [0.29, 0.717) is 27.9 Å². The van der Waals surface area contributed by atoms with Crippen LogP contribution in [0.15, 0.2) is 54.7 Å². The second-order valence-electron chi connectivity index (χ2n) is 5.89. The van der Waals surface area contributed by atoms with Crippen LogP contribution in [0.25, 0.3) is 0 Å². The summed E-state index contributed by atoms with van der Waals surface area (Å²) in [6.45, 7) is 3.47. The molecule has 0 aliphatic rings. The van der Waals surface area contributed by atoms with Crippen LogP contribution in [-0.4, -0.2) is 15.7 Å². The molecule has 0 fully saturated rings. The Labute approximate surface area is 167 Å². The van der Waals surface area contributed by atoms with E-state index in [1.54, 1.807) is 30.3 Å². The van der Waals surface area contributed by atoms with Gasteiger partial charge in [-0.25, -0.2) is 0 Å². The first-order chi connectivity index (χ1) is 13.1. The Balaban J connectivity index is 1.60. The highest BCUT2D eigenvalue weighted by Crippen LogP contribution is 2.31. The normalized spacial score (nSPS) is 10.6. The molecule has 140 valence electrons. The van der Waals surface area contributed by atoms with Gasteiger partial charge in [-0.15, -0.1) is 0 Å². The van der Waals surface area contributed by atoms with Crippen molar-refractivity contribution in [2.45, 2.75) is 26.6 Å². The van der Waals surface area contributed by atoms with E-state index in [9.17, 15) is 4.79 Å². The van der Waals surface area contributed by atoms with Gasteiger partial charge in [-0.05, 0) is 42.8 Å². The van der Waals surface area contributed by atoms with E-state index in [1.807, 2.05) is 36.0 Å². The zero-order chi connectivity index (χ0) is 19.2. The summed E-state index contributed by atoms with van der Waals surface area (Å²) < 4.78 is 7.54. The molecule has 0 radical (unpaired) electrons. The number of aryl methyl sites for hydroxylation is 1. The Hall–Kier alpha value is -2.50. The number of rotatable bonds is 7. The number of amides is 1. The van der Waals surface area contributed by atoms with E-state index in [-0.39, 0.29) is 12.5 Å². The fourth-order valence-electron chi connectivity index (χ4n) is 2.51. The van der Waals surface area contributed by atoms with Gasteiger partial charge in [-0.3, -0.25) is 9.48 Å². The molecular formula is C20H19Cl2N3O2. The Morgan fingerprint density at radius 2 is 2.00 bits per heavy atom. The predicted octanol–water partition coefficient (Wildman–Crippen LogP) is 4.72. The highest BCUT2D eigenvalue weighted by molar-refractivity contribution is 6.42. The minimum Gasteiger partial charge on any atom is -0.487 e. The largest absolute Gasteiger partial charge is 0.487 e. The zero-order valence-corrected chi connectivity index (χ0v) is 16.3. The molecule has 0 saturated carbocycles. The van der Waals surface area contributed by atoms with Gasteiger partial charge in [0.2, 0.25) is 0 Å². The van der Waals surface area contributed by atoms with Crippen molar-refractivity contribution in [3.05, 3.63) is 81.6 Å². The van der Waals surface area contributed by atoms with E-state index in [0.717, 1.165) is 17.8 Å². The summed E-state index contributed by atoms with van der Waals surface area (Å²) in [4.78, 5) is 12.4. The quantitative estimate of drug-likeness (QED) is 0.620. The molecule has 1 N–H and O–H groups in total. The highest BCUT2D eigenvalue weighted by atomic mass is 35.5. The van der Waals surface area contributed by atoms with Gasteiger partial charge in [0.05, 0.1) is 17.3 Å². The SMILES string of the molecule is CCn1ccc(CNC(=O)c2cccc(COc3cccc(Cl)c3Cl)c2)n1. The lowest BCUT2D eigenvalue weighted by Gasteiger charge is -2.10. The molecule has 0 bridgehead atoms. The van der Waals surface area contributed by atoms with Crippen LogP contribution in [0.2, 0.25) is 10.0 Å². The number of halogens is 2. The van der Waals surface area contributed by atoms with Crippen molar-refractivity contribution >= 4 is 29.1 Å². The standard InChI is InChI=1S/C20H19Cl2N3O2/c1-2-25-10-9-16(24-25)12-23-20(26)15-6-3-5-14(11-15)13-27-18-8-4-7-17(21)19(18)22/h3-11H,2,12-13H2,1H3,(H,23,26). The maximum absolute atomic E-state index is 12.4. The molecule has 3 aromatic rings. The van der Waals surface area contributed by atoms with Crippen molar-refractivity contribution in [2.75, 3.05) is 0 Å². The number of hydrogen-bond donors (Lipinski definition) is 1. The molecule has 1 amide bonds. The third-order valence-corrected chi connectivity index (χ3v) is 4.75. The van der Waals surface area contributed by atoms with Crippen molar-refractivity contribution in [3.8, 4) is 5.75 Å². The number of benzene rings is 2. The molecular weight excluding hydrogens is 385 g/mol. The fraction of sp³-hybridized carbons (Fsp3) is 0.200. The lowest BCUT2D eigenvalue weighted by atomic mass is 10.1. The second kappa shape index (κ2) is 8.93. The van der Waals surface area contributed by atoms with Crippen molar-refractivity contribution < 1.29 is 9.53 Å². The van der Waals surface area contributed by atoms with E-state index < -0.39 is 0 Å². The molecule has 27 heavy (non-hydrogen) atoms. The monoisotopic (exact) mass is 403 g/mol. The Morgan fingerprint density at radius 3 is 2.78 bits per heavy atom. The molecule has 1 heterocycles. The Bertz CT molecular complexity index is 940. The summed E-state index contributed by atoms with van der Waals surface area (Å²) in [6, 6.07) is 14.4. The van der Waals surface area contributed by atoms with E-state index in [1.165, 1.54) is 0 Å². The number of nitrogens with one attached hydrogen (secondary N) is 1. The summed E-state index contributed by atoms with van der Waals surface area (Å²) in [5, 5.41) is 8.04. The maximum Gasteiger partial charge on any atom is 0.251 e. The molecule has 0 saturated heterocycles. The van der Waals surface area contributed by atoms with E-state index in [4.69, 9.17) is 27.9 Å². The third-order valence-electron chi connectivity index (χ3n) is 3.95. The van der Waals surface area contributed by atoms with Gasteiger partial charge in [0.25, 0.3) is 5.91 Å². The molecule has 0 aliphatic heterocycles. The van der Waals surface area contributed by atoms with Crippen molar-refractivity contribution in [3.63, 3.8) is 0 Å². The maximum atomic E-state index is 12.4. The summed E-state index contributed by atoms with van der Waals surface area (Å²) in [6.07, 6.45) is 1.89. The van der Waals surface area contributed by atoms with Gasteiger partial charge in [0.15, 0.2) is 0 Å². The highest BCUT2D eigenvalue weighted by Gasteiger charge is 2.09. The van der Waals surface area contributed by atoms with Gasteiger partial charge in [0.1, 0.15) is 17.4 Å². The van der Waals surface area contributed by atoms with Gasteiger partial charge in [0, 0.05) is 18.3 Å². The summed E-state index contributed by atoms with van der Waals surface area (Å²) in [5.74, 6) is 0.342. The molecule has 0 atom stereocenters. The van der Waals surface area contributed by atoms with Crippen LogP contribution >= 0.6 is 23.2 Å². The number of aromatic nitrogens is 2. The third kappa shape index (κ3) is 5.02. The van der Waals surface area contributed by atoms with Crippen LogP contribution in [0.4, 0.5) is 0 Å². The topological polar surface area (TPSA) is 56.2 Å². The minimum atomic E-state index is -0.163. The van der Waals surface area contributed by atoms with Crippen molar-refractivity contribution in [1.82, 2.24) is 15.1 Å². The van der Waals surface area contributed by atoms with Gasteiger partial charge in [-0.2, -0.15) is 5.10 Å². The van der Waals surface area contributed by atoms with E-state index in [2.05, 4.69) is 10.4 Å². The first-order valence-corrected chi connectivity index (χ1v) is 9.28. The molecule has 3 rings (SSSR count). The van der Waals surface area contributed by atoms with Crippen LogP contribution in [0, 0.1) is 0 Å². The predicted molar refractivity (Wildman–Crippen MR) is 106 cm³/mol. The van der Waals surface area contributed by atoms with Gasteiger partial charge >= 0.3 is 0 Å².